The molecule has 0 saturated heterocycles. The second-order valence-corrected chi connectivity index (χ2v) is 21.3. The zero-order chi connectivity index (χ0) is 52.3. The first-order valence-corrected chi connectivity index (χ1v) is 25.2. The van der Waals surface area contributed by atoms with Crippen molar-refractivity contribution < 1.29 is 50.3 Å². The second kappa shape index (κ2) is 21.6. The van der Waals surface area contributed by atoms with Gasteiger partial charge in [0.25, 0.3) is 0 Å². The lowest BCUT2D eigenvalue weighted by Gasteiger charge is -2.28. The Balaban J connectivity index is 0.000000185. The van der Waals surface area contributed by atoms with E-state index >= 15 is 4.39 Å². The molecule has 4 aromatic carbocycles. The van der Waals surface area contributed by atoms with Gasteiger partial charge in [-0.05, 0) is 139 Å². The van der Waals surface area contributed by atoms with Gasteiger partial charge < -0.3 is 23.5 Å². The van der Waals surface area contributed by atoms with E-state index < -0.39 is 57.1 Å². The second-order valence-electron chi connectivity index (χ2n) is 18.7. The summed E-state index contributed by atoms with van der Waals surface area (Å²) < 4.78 is 74.0. The Morgan fingerprint density at radius 3 is 1.65 bits per heavy atom. The minimum atomic E-state index is -3.78. The van der Waals surface area contributed by atoms with E-state index in [1.807, 2.05) is 89.2 Å². The molecule has 8 rings (SSSR count). The minimum absolute atomic E-state index is 0.204. The average Bonchev–Trinajstić information content (AvgIpc) is 3.28. The number of carboxylic acid groups (broad SMARTS) is 1. The molecule has 0 aliphatic carbocycles. The summed E-state index contributed by atoms with van der Waals surface area (Å²) in [6.07, 6.45) is 1.81. The number of aryl methyl sites for hydroxylation is 4. The third-order valence-electron chi connectivity index (χ3n) is 10.8. The normalized spacial score (nSPS) is 12.7. The molecule has 13 nitrogen and oxygen atoms in total. The quantitative estimate of drug-likeness (QED) is 0.0821. The molecule has 71 heavy (non-hydrogen) atoms. The highest BCUT2D eigenvalue weighted by Crippen LogP contribution is 2.43. The predicted octanol–water partition coefficient (Wildman–Crippen LogP) is 12.3. The number of hydrogen-bond donors (Lipinski definition) is 1. The zero-order valence-corrected chi connectivity index (χ0v) is 44.4. The number of rotatable bonds is 9. The number of hydrogen-bond acceptors (Lipinski definition) is 12. The van der Waals surface area contributed by atoms with Crippen LogP contribution < -0.4 is 4.18 Å². The summed E-state index contributed by atoms with van der Waals surface area (Å²) in [6, 6.07) is 25.0. The van der Waals surface area contributed by atoms with Gasteiger partial charge in [0, 0.05) is 71.2 Å². The fourth-order valence-corrected chi connectivity index (χ4v) is 9.60. The van der Waals surface area contributed by atoms with Gasteiger partial charge in [-0.1, -0.05) is 48.5 Å². The van der Waals surface area contributed by atoms with E-state index in [1.54, 1.807) is 59.0 Å². The largest absolute Gasteiger partial charge is 0.479 e. The molecule has 0 saturated carbocycles. The molecule has 0 fully saturated rings. The van der Waals surface area contributed by atoms with Crippen molar-refractivity contribution in [1.82, 2.24) is 19.9 Å². The molecule has 0 spiro atoms. The van der Waals surface area contributed by atoms with Crippen LogP contribution in [0.5, 0.6) is 5.75 Å². The van der Waals surface area contributed by atoms with Crippen LogP contribution >= 0.6 is 22.6 Å². The van der Waals surface area contributed by atoms with Gasteiger partial charge >= 0.3 is 22.1 Å². The SMILES string of the molecule is COC(=O)[C@@H](OC(C)(C)C)c1c(C)nc2ccccc2c1I.Cc1cc(F)c(OS(C)(=O)=O)c2ncccc12.Cc1nc2ccccc2c(-c2c(F)cc(C)c3cccnc23)c1[C@H](OC(C)(C)C)C(=O)O. The van der Waals surface area contributed by atoms with Gasteiger partial charge in [0.05, 0.1) is 41.1 Å². The van der Waals surface area contributed by atoms with Gasteiger partial charge in [-0.25, -0.2) is 18.4 Å². The Labute approximate surface area is 425 Å². The maximum atomic E-state index is 15.7. The van der Waals surface area contributed by atoms with Gasteiger partial charge in [0.2, 0.25) is 5.75 Å². The van der Waals surface area contributed by atoms with Crippen LogP contribution in [0.2, 0.25) is 0 Å². The predicted molar refractivity (Wildman–Crippen MR) is 280 cm³/mol. The van der Waals surface area contributed by atoms with Crippen LogP contribution in [-0.4, -0.2) is 70.0 Å². The monoisotopic (exact) mass is 1100 g/mol. The van der Waals surface area contributed by atoms with Crippen molar-refractivity contribution in [2.45, 2.75) is 92.6 Å². The van der Waals surface area contributed by atoms with Crippen LogP contribution in [0.1, 0.15) is 87.4 Å². The minimum Gasteiger partial charge on any atom is -0.479 e. The average molecular weight is 1100 g/mol. The van der Waals surface area contributed by atoms with Gasteiger partial charge in [-0.15, -0.1) is 0 Å². The van der Waals surface area contributed by atoms with Gasteiger partial charge in [-0.2, -0.15) is 8.42 Å². The number of aromatic nitrogens is 4. The molecule has 0 amide bonds. The molecule has 0 unspecified atom stereocenters. The molecule has 2 atom stereocenters. The number of carboxylic acids is 1. The van der Waals surface area contributed by atoms with E-state index in [0.29, 0.717) is 44.2 Å². The van der Waals surface area contributed by atoms with E-state index in [4.69, 9.17) is 14.2 Å². The van der Waals surface area contributed by atoms with Gasteiger partial charge in [0.15, 0.2) is 18.0 Å². The number of pyridine rings is 4. The van der Waals surface area contributed by atoms with Crippen LogP contribution in [0.4, 0.5) is 8.78 Å². The van der Waals surface area contributed by atoms with Gasteiger partial charge in [0.1, 0.15) is 11.3 Å². The van der Waals surface area contributed by atoms with E-state index in [2.05, 4.69) is 46.7 Å². The van der Waals surface area contributed by atoms with Crippen molar-refractivity contribution in [1.29, 1.82) is 0 Å². The number of fused-ring (bicyclic) bond motifs is 4. The zero-order valence-electron chi connectivity index (χ0n) is 41.4. The third kappa shape index (κ3) is 12.6. The third-order valence-corrected chi connectivity index (χ3v) is 12.5. The van der Waals surface area contributed by atoms with Crippen LogP contribution in [0, 0.1) is 42.9 Å². The molecule has 4 aromatic heterocycles. The maximum Gasteiger partial charge on any atom is 0.339 e. The van der Waals surface area contributed by atoms with Crippen molar-refractivity contribution in [3.8, 4) is 16.9 Å². The smallest absolute Gasteiger partial charge is 0.339 e. The number of methoxy groups -OCH3 is 1. The highest BCUT2D eigenvalue weighted by atomic mass is 127. The number of esters is 1. The molecule has 4 heterocycles. The first-order valence-electron chi connectivity index (χ1n) is 22.3. The Morgan fingerprint density at radius 1 is 0.648 bits per heavy atom. The molecule has 0 bridgehead atoms. The summed E-state index contributed by atoms with van der Waals surface area (Å²) in [6.45, 7) is 18.3. The number of benzene rings is 4. The lowest BCUT2D eigenvalue weighted by molar-refractivity contribution is -0.164. The summed E-state index contributed by atoms with van der Waals surface area (Å²) in [5.74, 6) is -3.13. The summed E-state index contributed by atoms with van der Waals surface area (Å²) in [5.41, 5.74) is 5.52. The number of ether oxygens (including phenoxy) is 3. The van der Waals surface area contributed by atoms with Crippen molar-refractivity contribution in [2.24, 2.45) is 0 Å². The lowest BCUT2D eigenvalue weighted by atomic mass is 9.88. The van der Waals surface area contributed by atoms with Crippen LogP contribution in [0.25, 0.3) is 54.7 Å². The fourth-order valence-electron chi connectivity index (χ4n) is 8.01. The Morgan fingerprint density at radius 2 is 1.11 bits per heavy atom. The first-order chi connectivity index (χ1) is 33.2. The molecule has 1 N–H and O–H groups in total. The molecule has 17 heteroatoms. The number of nitrogens with zero attached hydrogens (tertiary/aromatic N) is 4. The summed E-state index contributed by atoms with van der Waals surface area (Å²) in [7, 11) is -2.41. The van der Waals surface area contributed by atoms with Crippen molar-refractivity contribution in [2.75, 3.05) is 13.4 Å². The summed E-state index contributed by atoms with van der Waals surface area (Å²) in [4.78, 5) is 42.3. The number of carbonyl (C=O) groups is 2. The summed E-state index contributed by atoms with van der Waals surface area (Å²) in [5, 5.41) is 13.2. The van der Waals surface area contributed by atoms with E-state index in [9.17, 15) is 27.5 Å². The van der Waals surface area contributed by atoms with E-state index in [0.717, 1.165) is 42.9 Å². The molecule has 0 aliphatic rings. The fraction of sp³-hybridized carbons (Fsp3) is 0.296. The van der Waals surface area contributed by atoms with E-state index in [1.165, 1.54) is 25.4 Å². The molecular formula is C54H55F2IN4O9S. The van der Waals surface area contributed by atoms with Crippen molar-refractivity contribution >= 4 is 88.3 Å². The molecule has 0 aliphatic heterocycles. The molecule has 0 radical (unpaired) electrons. The number of aliphatic carboxylic acids is 1. The van der Waals surface area contributed by atoms with Crippen molar-refractivity contribution in [3.05, 3.63) is 146 Å². The number of carbonyl (C=O) groups excluding carboxylic acids is 1. The van der Waals surface area contributed by atoms with Gasteiger partial charge in [-0.3, -0.25) is 19.9 Å². The number of para-hydroxylation sites is 2. The highest BCUT2D eigenvalue weighted by molar-refractivity contribution is 14.1. The Bertz CT molecular complexity index is 3450. The maximum absolute atomic E-state index is 15.7. The standard InChI is InChI=1S/C26H25FN2O3.C17H20INO3.C11H10FNO3S/c1-14-13-18(27)22(23-16(14)10-8-12-28-23)21-17-9-6-7-11-19(17)29-15(2)20(21)24(25(30)31)32-26(3,4)5;1-10-13(15(16(20)21-5)22-17(2,3)4)14(18)11-8-6-7-9-12(11)19-10;1-7-6-9(12)11(16-17(2,14)15)10-8(7)4-3-5-13-10/h6-13,24H,1-5H3,(H,30,31);6-9,15H,1-5H3;3-6H,1-2H3/t24-;15-;/m00./s1. The van der Waals surface area contributed by atoms with Crippen LogP contribution in [0.3, 0.4) is 0 Å². The topological polar surface area (TPSA) is 177 Å². The first kappa shape index (κ1) is 54.1. The number of halogens is 3. The molecule has 372 valence electrons. The molecule has 8 aromatic rings. The van der Waals surface area contributed by atoms with Crippen LogP contribution in [0.15, 0.2) is 97.3 Å². The Hall–Kier alpha value is -6.28. The lowest BCUT2D eigenvalue weighted by Crippen LogP contribution is -2.29. The van der Waals surface area contributed by atoms with Crippen molar-refractivity contribution in [3.63, 3.8) is 0 Å². The Kier molecular flexibility index (Phi) is 16.4. The highest BCUT2D eigenvalue weighted by Gasteiger charge is 2.35. The van der Waals surface area contributed by atoms with Crippen LogP contribution in [-0.2, 0) is 33.9 Å². The summed E-state index contributed by atoms with van der Waals surface area (Å²) >= 11 is 2.25. The van der Waals surface area contributed by atoms with E-state index in [-0.39, 0.29) is 16.8 Å². The molecular weight excluding hydrogens is 1050 g/mol.